The van der Waals surface area contributed by atoms with Crippen LogP contribution in [0.3, 0.4) is 0 Å². The molecule has 1 aromatic heterocycles. The Labute approximate surface area is 211 Å². The Balaban J connectivity index is 2.14. The first kappa shape index (κ1) is 27.9. The number of aliphatic hydroxyl groups excluding tert-OH is 1. The van der Waals surface area contributed by atoms with E-state index in [9.17, 15) is 26.7 Å². The van der Waals surface area contributed by atoms with Gasteiger partial charge in [-0.1, -0.05) is 18.1 Å². The number of hydrogen-bond donors (Lipinski definition) is 2. The quantitative estimate of drug-likeness (QED) is 0.498. The van der Waals surface area contributed by atoms with Crippen molar-refractivity contribution in [1.29, 1.82) is 0 Å². The molecular formula is C22H32N4O8S2. The number of hydrogen-bond acceptors (Lipinski definition) is 9. The number of para-hydroxylation sites is 1. The van der Waals surface area contributed by atoms with Crippen LogP contribution in [-0.4, -0.2) is 87.4 Å². The summed E-state index contributed by atoms with van der Waals surface area (Å²) in [6, 6.07) is 3.92. The summed E-state index contributed by atoms with van der Waals surface area (Å²) < 4.78 is 65.5. The van der Waals surface area contributed by atoms with E-state index in [-0.39, 0.29) is 59.0 Å². The summed E-state index contributed by atoms with van der Waals surface area (Å²) >= 11 is 0. The predicted octanol–water partition coefficient (Wildman–Crippen LogP) is 1.20. The number of carbonyl (C=O) groups excluding carboxylic acids is 1. The molecule has 1 amide bonds. The van der Waals surface area contributed by atoms with Crippen molar-refractivity contribution in [1.82, 2.24) is 14.4 Å². The zero-order chi connectivity index (χ0) is 27.0. The number of nitrogens with zero attached hydrogens (tertiary/aromatic N) is 3. The van der Waals surface area contributed by atoms with Crippen molar-refractivity contribution in [2.45, 2.75) is 44.7 Å². The van der Waals surface area contributed by atoms with Crippen molar-refractivity contribution in [2.24, 2.45) is 5.92 Å². The van der Waals surface area contributed by atoms with Gasteiger partial charge in [-0.15, -0.1) is 0 Å². The Kier molecular flexibility index (Phi) is 8.03. The molecule has 0 saturated carbocycles. The van der Waals surface area contributed by atoms with E-state index >= 15 is 0 Å². The topological polar surface area (TPSA) is 159 Å². The average Bonchev–Trinajstić information content (AvgIpc) is 3.13. The predicted molar refractivity (Wildman–Crippen MR) is 132 cm³/mol. The average molecular weight is 545 g/mol. The van der Waals surface area contributed by atoms with E-state index in [0.717, 1.165) is 10.6 Å². The van der Waals surface area contributed by atoms with Gasteiger partial charge >= 0.3 is 0 Å². The van der Waals surface area contributed by atoms with Gasteiger partial charge in [-0.2, -0.15) is 0 Å². The fourth-order valence-electron chi connectivity index (χ4n) is 3.98. The molecule has 0 aliphatic carbocycles. The SMILES string of the molecule is Cc1noc(C)c1S(=O)(=O)Nc1cccc2c1O[C@@H](CN(C)S(C)(=O)=O)[C@@H](C)CN([C@H](C)CO)C2=O. The first-order valence-electron chi connectivity index (χ1n) is 11.3. The Morgan fingerprint density at radius 1 is 1.28 bits per heavy atom. The molecule has 2 N–H and O–H groups in total. The minimum absolute atomic E-state index is 0.00133. The second-order valence-electron chi connectivity index (χ2n) is 9.11. The van der Waals surface area contributed by atoms with Crippen LogP contribution in [0.25, 0.3) is 0 Å². The first-order valence-corrected chi connectivity index (χ1v) is 14.6. The number of ether oxygens (including phenoxy) is 1. The van der Waals surface area contributed by atoms with Crippen molar-refractivity contribution >= 4 is 31.6 Å². The minimum Gasteiger partial charge on any atom is -0.486 e. The number of carbonyl (C=O) groups is 1. The van der Waals surface area contributed by atoms with Crippen LogP contribution >= 0.6 is 0 Å². The minimum atomic E-state index is -4.17. The number of likely N-dealkylation sites (N-methyl/N-ethyl adjacent to an activating group) is 1. The highest BCUT2D eigenvalue weighted by molar-refractivity contribution is 7.92. The number of benzene rings is 1. The van der Waals surface area contributed by atoms with E-state index in [4.69, 9.17) is 9.26 Å². The molecule has 14 heteroatoms. The molecule has 0 unspecified atom stereocenters. The molecular weight excluding hydrogens is 512 g/mol. The molecule has 0 spiro atoms. The second kappa shape index (κ2) is 10.4. The number of sulfonamides is 2. The number of fused-ring (bicyclic) bond motifs is 1. The number of nitrogens with one attached hydrogen (secondary N) is 1. The normalized spacial score (nSPS) is 19.9. The maximum absolute atomic E-state index is 13.5. The van der Waals surface area contributed by atoms with E-state index in [1.54, 1.807) is 13.8 Å². The number of aliphatic hydroxyl groups is 1. The largest absolute Gasteiger partial charge is 0.486 e. The number of amides is 1. The molecule has 200 valence electrons. The number of anilines is 1. The molecule has 1 aliphatic heterocycles. The van der Waals surface area contributed by atoms with E-state index in [2.05, 4.69) is 9.88 Å². The van der Waals surface area contributed by atoms with Gasteiger partial charge in [-0.3, -0.25) is 9.52 Å². The second-order valence-corrected chi connectivity index (χ2v) is 12.8. The summed E-state index contributed by atoms with van der Waals surface area (Å²) in [6.45, 7) is 6.31. The van der Waals surface area contributed by atoms with Crippen molar-refractivity contribution in [3.63, 3.8) is 0 Å². The molecule has 3 rings (SSSR count). The van der Waals surface area contributed by atoms with Crippen LogP contribution in [0.1, 0.15) is 35.7 Å². The first-order chi connectivity index (χ1) is 16.7. The fourth-order valence-corrected chi connectivity index (χ4v) is 5.80. The van der Waals surface area contributed by atoms with Crippen LogP contribution in [0.5, 0.6) is 5.75 Å². The molecule has 3 atom stereocenters. The standard InChI is InChI=1S/C22H32N4O8S2/c1-13-10-26(14(2)12-27)22(28)17-8-7-9-18(20(17)33-19(13)11-25(5)35(6,29)30)24-36(31,32)21-15(3)23-34-16(21)4/h7-9,13-14,19,24,27H,10-12H2,1-6H3/t13-,14+,19-/m0/s1. The van der Waals surface area contributed by atoms with Crippen LogP contribution in [-0.2, 0) is 20.0 Å². The van der Waals surface area contributed by atoms with E-state index in [1.807, 2.05) is 0 Å². The molecule has 12 nitrogen and oxygen atoms in total. The van der Waals surface area contributed by atoms with Crippen molar-refractivity contribution in [3.05, 3.63) is 35.2 Å². The number of aromatic nitrogens is 1. The fraction of sp³-hybridized carbons (Fsp3) is 0.545. The summed E-state index contributed by atoms with van der Waals surface area (Å²) in [5.74, 6) is -0.759. The third-order valence-corrected chi connectivity index (χ3v) is 9.07. The Hall–Kier alpha value is -2.68. The van der Waals surface area contributed by atoms with Gasteiger partial charge in [0, 0.05) is 19.5 Å². The third-order valence-electron chi connectivity index (χ3n) is 6.18. The lowest BCUT2D eigenvalue weighted by Gasteiger charge is -2.38. The van der Waals surface area contributed by atoms with Crippen LogP contribution in [0.15, 0.2) is 27.6 Å². The Morgan fingerprint density at radius 2 is 1.94 bits per heavy atom. The molecule has 2 aromatic rings. The molecule has 0 bridgehead atoms. The van der Waals surface area contributed by atoms with E-state index in [0.29, 0.717) is 0 Å². The monoisotopic (exact) mass is 544 g/mol. The summed E-state index contributed by atoms with van der Waals surface area (Å²) in [7, 11) is -6.30. The number of aryl methyl sites for hydroxylation is 2. The summed E-state index contributed by atoms with van der Waals surface area (Å²) in [6.07, 6.45) is 0.330. The highest BCUT2D eigenvalue weighted by Crippen LogP contribution is 2.36. The van der Waals surface area contributed by atoms with E-state index in [1.165, 1.54) is 44.0 Å². The van der Waals surface area contributed by atoms with Crippen LogP contribution in [0, 0.1) is 19.8 Å². The molecule has 1 aliphatic rings. The van der Waals surface area contributed by atoms with Gasteiger partial charge in [0.1, 0.15) is 11.8 Å². The number of rotatable bonds is 8. The van der Waals surface area contributed by atoms with Crippen molar-refractivity contribution in [3.8, 4) is 5.75 Å². The Bertz CT molecular complexity index is 1320. The van der Waals surface area contributed by atoms with Crippen LogP contribution < -0.4 is 9.46 Å². The van der Waals surface area contributed by atoms with Crippen LogP contribution in [0.2, 0.25) is 0 Å². The zero-order valence-electron chi connectivity index (χ0n) is 21.0. The van der Waals surface area contributed by atoms with Gasteiger partial charge in [0.05, 0.1) is 36.7 Å². The molecule has 36 heavy (non-hydrogen) atoms. The highest BCUT2D eigenvalue weighted by atomic mass is 32.2. The molecule has 0 fully saturated rings. The molecule has 0 saturated heterocycles. The molecule has 2 heterocycles. The van der Waals surface area contributed by atoms with Crippen molar-refractivity contribution < 1.29 is 36.0 Å². The lowest BCUT2D eigenvalue weighted by molar-refractivity contribution is 0.0389. The Morgan fingerprint density at radius 3 is 2.50 bits per heavy atom. The lowest BCUT2D eigenvalue weighted by atomic mass is 9.99. The molecule has 0 radical (unpaired) electrons. The van der Waals surface area contributed by atoms with Gasteiger partial charge in [0.15, 0.2) is 16.4 Å². The van der Waals surface area contributed by atoms with Gasteiger partial charge in [0.25, 0.3) is 15.9 Å². The van der Waals surface area contributed by atoms with Crippen molar-refractivity contribution in [2.75, 3.05) is 37.7 Å². The zero-order valence-corrected chi connectivity index (χ0v) is 22.7. The summed E-state index contributed by atoms with van der Waals surface area (Å²) in [4.78, 5) is 14.9. The maximum Gasteiger partial charge on any atom is 0.267 e. The van der Waals surface area contributed by atoms with Gasteiger partial charge < -0.3 is 19.3 Å². The van der Waals surface area contributed by atoms with Gasteiger partial charge in [0.2, 0.25) is 10.0 Å². The van der Waals surface area contributed by atoms with E-state index < -0.39 is 38.1 Å². The van der Waals surface area contributed by atoms with Gasteiger partial charge in [-0.05, 0) is 32.9 Å². The third kappa shape index (κ3) is 5.66. The molecule has 1 aromatic carbocycles. The van der Waals surface area contributed by atoms with Crippen LogP contribution in [0.4, 0.5) is 5.69 Å². The lowest BCUT2D eigenvalue weighted by Crippen LogP contribution is -2.50. The smallest absolute Gasteiger partial charge is 0.267 e. The highest BCUT2D eigenvalue weighted by Gasteiger charge is 2.36. The summed E-state index contributed by atoms with van der Waals surface area (Å²) in [5.41, 5.74) is 0.242. The summed E-state index contributed by atoms with van der Waals surface area (Å²) in [5, 5.41) is 13.5. The maximum atomic E-state index is 13.5. The van der Waals surface area contributed by atoms with Gasteiger partial charge in [-0.25, -0.2) is 21.1 Å².